The molecule has 2 aliphatic carbocycles. The molecule has 0 spiro atoms. The smallest absolute Gasteiger partial charge is 0.148 e. The van der Waals surface area contributed by atoms with Crippen LogP contribution in [0.1, 0.15) is 31.2 Å². The van der Waals surface area contributed by atoms with Gasteiger partial charge in [-0.1, -0.05) is 48.6 Å². The molecule has 4 aliphatic rings. The highest BCUT2D eigenvalue weighted by Crippen LogP contribution is 2.47. The van der Waals surface area contributed by atoms with Crippen LogP contribution in [-0.4, -0.2) is 11.6 Å². The average molecular weight is 456 g/mol. The number of nitriles is 1. The largest absolute Gasteiger partial charge is 0.456 e. The van der Waals surface area contributed by atoms with Gasteiger partial charge in [-0.15, -0.1) is 0 Å². The van der Waals surface area contributed by atoms with Crippen LogP contribution in [0.25, 0.3) is 23.1 Å². The first-order chi connectivity index (χ1) is 17.2. The van der Waals surface area contributed by atoms with E-state index < -0.39 is 5.54 Å². The summed E-state index contributed by atoms with van der Waals surface area (Å²) in [6.07, 6.45) is 17.1. The van der Waals surface area contributed by atoms with Crippen molar-refractivity contribution in [3.05, 3.63) is 112 Å². The summed E-state index contributed by atoms with van der Waals surface area (Å²) in [5.74, 6) is 0.234. The van der Waals surface area contributed by atoms with Gasteiger partial charge in [0.15, 0.2) is 0 Å². The molecule has 0 amide bonds. The summed E-state index contributed by atoms with van der Waals surface area (Å²) in [4.78, 5) is 2.52. The van der Waals surface area contributed by atoms with E-state index in [9.17, 15) is 5.26 Å². The van der Waals surface area contributed by atoms with Crippen LogP contribution in [0.2, 0.25) is 0 Å². The molecule has 35 heavy (non-hydrogen) atoms. The van der Waals surface area contributed by atoms with E-state index in [-0.39, 0.29) is 12.0 Å². The SMILES string of the molecule is CC1(C#N)NC=CC=C1C1=CCCC(N2c3ccccc3C3C=c4oc5ccccc5c4=CC32)=C1. The first-order valence-electron chi connectivity index (χ1n) is 12.2. The van der Waals surface area contributed by atoms with Gasteiger partial charge in [0.25, 0.3) is 0 Å². The quantitative estimate of drug-likeness (QED) is 0.597. The second-order valence-electron chi connectivity index (χ2n) is 9.81. The van der Waals surface area contributed by atoms with Crippen LogP contribution >= 0.6 is 0 Å². The van der Waals surface area contributed by atoms with E-state index in [4.69, 9.17) is 4.42 Å². The van der Waals surface area contributed by atoms with E-state index in [1.54, 1.807) is 0 Å². The predicted molar refractivity (Wildman–Crippen MR) is 140 cm³/mol. The Kier molecular flexibility index (Phi) is 4.25. The van der Waals surface area contributed by atoms with Crippen molar-refractivity contribution in [2.24, 2.45) is 0 Å². The number of hydrogen-bond donors (Lipinski definition) is 1. The third-order valence-corrected chi connectivity index (χ3v) is 7.75. The number of allylic oxidation sites excluding steroid dienone is 5. The second kappa shape index (κ2) is 7.38. The van der Waals surface area contributed by atoms with Crippen molar-refractivity contribution in [2.45, 2.75) is 37.3 Å². The van der Waals surface area contributed by atoms with E-state index in [1.165, 1.54) is 27.6 Å². The number of dihydropyridines is 1. The van der Waals surface area contributed by atoms with Crippen molar-refractivity contribution >= 4 is 28.8 Å². The summed E-state index contributed by atoms with van der Waals surface area (Å²) in [7, 11) is 0. The first-order valence-corrected chi connectivity index (χ1v) is 12.2. The Morgan fingerprint density at radius 2 is 1.97 bits per heavy atom. The van der Waals surface area contributed by atoms with Gasteiger partial charge in [0.1, 0.15) is 16.5 Å². The Hall–Kier alpha value is -4.23. The highest BCUT2D eigenvalue weighted by molar-refractivity contribution is 5.83. The van der Waals surface area contributed by atoms with Crippen LogP contribution in [0.15, 0.2) is 100 Å². The number of fused-ring (bicyclic) bond motifs is 6. The van der Waals surface area contributed by atoms with Gasteiger partial charge in [-0.25, -0.2) is 0 Å². The molecule has 0 saturated carbocycles. The standard InChI is InChI=1S/C31H25N3O/c1-31(19-32)26(12-7-15-33-31)20-8-6-9-21(16-20)34-27-13-4-2-10-22(27)24-18-30-25(17-28(24)34)23-11-3-5-14-29(23)35-30/h2-5,7-8,10-18,24,28,33H,6,9H2,1H3. The summed E-state index contributed by atoms with van der Waals surface area (Å²) < 4.78 is 6.25. The molecule has 0 bridgehead atoms. The molecular weight excluding hydrogens is 430 g/mol. The maximum atomic E-state index is 9.91. The summed E-state index contributed by atoms with van der Waals surface area (Å²) in [6, 6.07) is 19.7. The summed E-state index contributed by atoms with van der Waals surface area (Å²) in [5, 5.41) is 15.5. The van der Waals surface area contributed by atoms with Crippen molar-refractivity contribution in [2.75, 3.05) is 4.90 Å². The lowest BCUT2D eigenvalue weighted by atomic mass is 9.83. The van der Waals surface area contributed by atoms with Crippen molar-refractivity contribution in [3.8, 4) is 6.07 Å². The normalized spacial score (nSPS) is 26.2. The molecule has 7 rings (SSSR count). The number of hydrogen-bond acceptors (Lipinski definition) is 4. The van der Waals surface area contributed by atoms with Crippen LogP contribution in [0.5, 0.6) is 0 Å². The number of benzene rings is 2. The van der Waals surface area contributed by atoms with Crippen molar-refractivity contribution in [3.63, 3.8) is 0 Å². The van der Waals surface area contributed by atoms with Crippen molar-refractivity contribution in [1.29, 1.82) is 5.26 Å². The van der Waals surface area contributed by atoms with Gasteiger partial charge < -0.3 is 14.6 Å². The van der Waals surface area contributed by atoms with Crippen molar-refractivity contribution in [1.82, 2.24) is 5.32 Å². The van der Waals surface area contributed by atoms with Crippen LogP contribution in [0.3, 0.4) is 0 Å². The molecule has 3 aromatic rings. The lowest BCUT2D eigenvalue weighted by molar-refractivity contribution is 0.566. The molecule has 4 heteroatoms. The maximum absolute atomic E-state index is 9.91. The maximum Gasteiger partial charge on any atom is 0.148 e. The van der Waals surface area contributed by atoms with E-state index in [1.807, 2.05) is 31.3 Å². The molecular formula is C31H25N3O. The zero-order valence-corrected chi connectivity index (χ0v) is 19.5. The fraction of sp³-hybridized carbons (Fsp3) is 0.194. The molecule has 0 saturated heterocycles. The molecule has 2 aliphatic heterocycles. The van der Waals surface area contributed by atoms with E-state index >= 15 is 0 Å². The molecule has 3 atom stereocenters. The summed E-state index contributed by atoms with van der Waals surface area (Å²) >= 11 is 0. The number of furan rings is 1. The lowest BCUT2D eigenvalue weighted by Gasteiger charge is -2.34. The molecule has 4 nitrogen and oxygen atoms in total. The highest BCUT2D eigenvalue weighted by Gasteiger charge is 2.40. The third kappa shape index (κ3) is 2.91. The highest BCUT2D eigenvalue weighted by atomic mass is 16.3. The monoisotopic (exact) mass is 455 g/mol. The number of nitrogens with zero attached hydrogens (tertiary/aromatic N) is 2. The number of para-hydroxylation sites is 2. The average Bonchev–Trinajstić information content (AvgIpc) is 3.42. The number of rotatable bonds is 2. The zero-order chi connectivity index (χ0) is 23.6. The van der Waals surface area contributed by atoms with Gasteiger partial charge in [-0.05, 0) is 79.1 Å². The molecule has 0 fully saturated rings. The zero-order valence-electron chi connectivity index (χ0n) is 19.5. The number of nitrogens with one attached hydrogen (secondary N) is 1. The Labute approximate surface area is 204 Å². The first kappa shape index (κ1) is 20.2. The molecule has 1 N–H and O–H groups in total. The molecule has 2 aromatic carbocycles. The third-order valence-electron chi connectivity index (χ3n) is 7.75. The fourth-order valence-corrected chi connectivity index (χ4v) is 6.07. The minimum absolute atomic E-state index is 0.187. The molecule has 3 unspecified atom stereocenters. The minimum atomic E-state index is -0.736. The van der Waals surface area contributed by atoms with Crippen LogP contribution < -0.4 is 20.9 Å². The van der Waals surface area contributed by atoms with Crippen LogP contribution in [0.4, 0.5) is 5.69 Å². The van der Waals surface area contributed by atoms with Gasteiger partial charge in [-0.3, -0.25) is 0 Å². The van der Waals surface area contributed by atoms with Gasteiger partial charge in [-0.2, -0.15) is 5.26 Å². The Morgan fingerprint density at radius 3 is 2.89 bits per heavy atom. The van der Waals surface area contributed by atoms with Crippen LogP contribution in [-0.2, 0) is 0 Å². The Bertz CT molecular complexity index is 1680. The van der Waals surface area contributed by atoms with Crippen LogP contribution in [0, 0.1) is 11.3 Å². The molecule has 1 aromatic heterocycles. The van der Waals surface area contributed by atoms with Gasteiger partial charge in [0.2, 0.25) is 0 Å². The molecule has 170 valence electrons. The lowest BCUT2D eigenvalue weighted by Crippen LogP contribution is -2.42. The van der Waals surface area contributed by atoms with E-state index in [0.29, 0.717) is 0 Å². The number of anilines is 1. The Morgan fingerprint density at radius 1 is 1.11 bits per heavy atom. The summed E-state index contributed by atoms with van der Waals surface area (Å²) in [5.41, 5.74) is 7.20. The fourth-order valence-electron chi connectivity index (χ4n) is 6.07. The van der Waals surface area contributed by atoms with Gasteiger partial charge in [0, 0.05) is 27.9 Å². The molecule has 3 heterocycles. The van der Waals surface area contributed by atoms with Gasteiger partial charge in [0.05, 0.1) is 12.1 Å². The Balaban J connectivity index is 1.38. The van der Waals surface area contributed by atoms with E-state index in [2.05, 4.69) is 83.1 Å². The predicted octanol–water partition coefficient (Wildman–Crippen LogP) is 4.91. The summed E-state index contributed by atoms with van der Waals surface area (Å²) in [6.45, 7) is 1.95. The van der Waals surface area contributed by atoms with Crippen molar-refractivity contribution < 1.29 is 4.42 Å². The van der Waals surface area contributed by atoms with Gasteiger partial charge >= 0.3 is 0 Å². The topological polar surface area (TPSA) is 52.2 Å². The second-order valence-corrected chi connectivity index (χ2v) is 9.81. The van der Waals surface area contributed by atoms with E-state index in [0.717, 1.165) is 35.0 Å². The molecule has 0 radical (unpaired) electrons. The minimum Gasteiger partial charge on any atom is -0.456 e.